The minimum Gasteiger partial charge on any atom is -0.399 e. The van der Waals surface area contributed by atoms with Crippen molar-refractivity contribution in [3.05, 3.63) is 29.3 Å². The van der Waals surface area contributed by atoms with Crippen LogP contribution in [-0.2, 0) is 0 Å². The molecule has 2 rings (SSSR count). The van der Waals surface area contributed by atoms with Gasteiger partial charge in [-0.1, -0.05) is 25.3 Å². The van der Waals surface area contributed by atoms with Gasteiger partial charge in [0, 0.05) is 11.7 Å². The fourth-order valence-corrected chi connectivity index (χ4v) is 2.14. The molecule has 1 aromatic carbocycles. The van der Waals surface area contributed by atoms with Crippen molar-refractivity contribution in [1.82, 2.24) is 0 Å². The Hall–Kier alpha value is -1.02. The lowest BCUT2D eigenvalue weighted by Crippen LogP contribution is -2.22. The van der Waals surface area contributed by atoms with Crippen molar-refractivity contribution in [2.24, 2.45) is 5.73 Å². The van der Waals surface area contributed by atoms with Crippen LogP contribution in [0, 0.1) is 13.8 Å². The Bertz CT molecular complexity index is 264. The third kappa shape index (κ3) is 5.17. The zero-order valence-electron chi connectivity index (χ0n) is 10.5. The van der Waals surface area contributed by atoms with Crippen LogP contribution < -0.4 is 11.5 Å². The maximum Gasteiger partial charge on any atom is 0.0319 e. The first-order valence-electron chi connectivity index (χ1n) is 6.17. The summed E-state index contributed by atoms with van der Waals surface area (Å²) in [7, 11) is 0. The average Bonchev–Trinajstić information content (AvgIpc) is 2.17. The van der Waals surface area contributed by atoms with Gasteiger partial charge in [-0.05, 0) is 49.9 Å². The van der Waals surface area contributed by atoms with Crippen molar-refractivity contribution in [3.63, 3.8) is 0 Å². The normalized spacial score (nSPS) is 16.4. The van der Waals surface area contributed by atoms with Crippen molar-refractivity contribution >= 4 is 5.69 Å². The van der Waals surface area contributed by atoms with E-state index in [1.807, 2.05) is 26.0 Å². The predicted octanol–water partition coefficient (Wildman–Crippen LogP) is 3.16. The van der Waals surface area contributed by atoms with Gasteiger partial charge in [-0.2, -0.15) is 0 Å². The van der Waals surface area contributed by atoms with Crippen molar-refractivity contribution in [2.45, 2.75) is 52.0 Å². The summed E-state index contributed by atoms with van der Waals surface area (Å²) < 4.78 is 0. The van der Waals surface area contributed by atoms with Crippen LogP contribution in [0.2, 0.25) is 0 Å². The Morgan fingerprint density at radius 1 is 0.938 bits per heavy atom. The number of benzene rings is 1. The first kappa shape index (κ1) is 13.0. The molecule has 0 radical (unpaired) electrons. The molecule has 0 aliphatic heterocycles. The van der Waals surface area contributed by atoms with Crippen LogP contribution in [0.5, 0.6) is 0 Å². The van der Waals surface area contributed by atoms with Gasteiger partial charge >= 0.3 is 0 Å². The molecular weight excluding hydrogens is 196 g/mol. The van der Waals surface area contributed by atoms with Crippen molar-refractivity contribution in [3.8, 4) is 0 Å². The number of aryl methyl sites for hydroxylation is 2. The van der Waals surface area contributed by atoms with Gasteiger partial charge < -0.3 is 11.5 Å². The molecule has 1 saturated carbocycles. The molecular formula is C14H24N2. The van der Waals surface area contributed by atoms with Crippen LogP contribution in [0.25, 0.3) is 0 Å². The number of anilines is 1. The van der Waals surface area contributed by atoms with Crippen LogP contribution in [-0.4, -0.2) is 6.04 Å². The molecule has 1 fully saturated rings. The third-order valence-electron chi connectivity index (χ3n) is 2.89. The molecule has 4 N–H and O–H groups in total. The van der Waals surface area contributed by atoms with E-state index in [4.69, 9.17) is 11.5 Å². The van der Waals surface area contributed by atoms with Gasteiger partial charge in [-0.15, -0.1) is 0 Å². The summed E-state index contributed by atoms with van der Waals surface area (Å²) in [5, 5.41) is 0. The van der Waals surface area contributed by atoms with E-state index in [0.29, 0.717) is 6.04 Å². The highest BCUT2D eigenvalue weighted by Crippen LogP contribution is 2.14. The fraction of sp³-hybridized carbons (Fsp3) is 0.571. The zero-order chi connectivity index (χ0) is 12.0. The maximum atomic E-state index is 5.63. The Kier molecular flexibility index (Phi) is 5.33. The summed E-state index contributed by atoms with van der Waals surface area (Å²) in [6.07, 6.45) is 6.66. The number of rotatable bonds is 0. The summed E-state index contributed by atoms with van der Waals surface area (Å²) in [6.45, 7) is 4.09. The number of hydrogen-bond acceptors (Lipinski definition) is 2. The smallest absolute Gasteiger partial charge is 0.0319 e. The van der Waals surface area contributed by atoms with E-state index in [9.17, 15) is 0 Å². The standard InChI is InChI=1S/C8H11N.C6H13N/c1-6-3-7(2)5-8(9)4-6;7-6-4-2-1-3-5-6/h3-5H,9H2,1-2H3;6H,1-5,7H2. The van der Waals surface area contributed by atoms with E-state index in [1.54, 1.807) is 0 Å². The Labute approximate surface area is 99.0 Å². The molecule has 90 valence electrons. The minimum atomic E-state index is 0.536. The van der Waals surface area contributed by atoms with Gasteiger partial charge in [0.1, 0.15) is 0 Å². The molecule has 2 nitrogen and oxygen atoms in total. The van der Waals surface area contributed by atoms with Gasteiger partial charge in [0.25, 0.3) is 0 Å². The van der Waals surface area contributed by atoms with Crippen LogP contribution >= 0.6 is 0 Å². The highest BCUT2D eigenvalue weighted by atomic mass is 14.6. The average molecular weight is 220 g/mol. The molecule has 1 aliphatic rings. The first-order chi connectivity index (χ1) is 7.58. The molecule has 0 saturated heterocycles. The summed E-state index contributed by atoms with van der Waals surface area (Å²) >= 11 is 0. The highest BCUT2D eigenvalue weighted by molar-refractivity contribution is 5.43. The van der Waals surface area contributed by atoms with Gasteiger partial charge in [0.2, 0.25) is 0 Å². The second kappa shape index (κ2) is 6.54. The maximum absolute atomic E-state index is 5.63. The molecule has 0 amide bonds. The topological polar surface area (TPSA) is 52.0 Å². The molecule has 1 aliphatic carbocycles. The van der Waals surface area contributed by atoms with E-state index in [0.717, 1.165) is 5.69 Å². The third-order valence-corrected chi connectivity index (χ3v) is 2.89. The van der Waals surface area contributed by atoms with Crippen molar-refractivity contribution in [2.75, 3.05) is 5.73 Å². The lowest BCUT2D eigenvalue weighted by Gasteiger charge is -2.15. The van der Waals surface area contributed by atoms with Gasteiger partial charge in [0.15, 0.2) is 0 Å². The summed E-state index contributed by atoms with van der Waals surface area (Å²) in [4.78, 5) is 0. The molecule has 1 aromatic rings. The van der Waals surface area contributed by atoms with Crippen LogP contribution in [0.1, 0.15) is 43.2 Å². The minimum absolute atomic E-state index is 0.536. The fourth-order valence-electron chi connectivity index (χ4n) is 2.14. The SMILES string of the molecule is Cc1cc(C)cc(N)c1.NC1CCCCC1. The summed E-state index contributed by atoms with van der Waals surface area (Å²) in [6, 6.07) is 6.57. The molecule has 0 unspecified atom stereocenters. The van der Waals surface area contributed by atoms with E-state index in [2.05, 4.69) is 6.07 Å². The number of nitrogen functional groups attached to an aromatic ring is 1. The molecule has 0 spiro atoms. The van der Waals surface area contributed by atoms with Crippen molar-refractivity contribution < 1.29 is 0 Å². The van der Waals surface area contributed by atoms with E-state index >= 15 is 0 Å². The summed E-state index contributed by atoms with van der Waals surface area (Å²) in [5.41, 5.74) is 14.5. The molecule has 0 atom stereocenters. The second-order valence-electron chi connectivity index (χ2n) is 4.82. The molecule has 16 heavy (non-hydrogen) atoms. The Morgan fingerprint density at radius 2 is 1.44 bits per heavy atom. The lowest BCUT2D eigenvalue weighted by atomic mass is 9.97. The molecule has 2 heteroatoms. The van der Waals surface area contributed by atoms with E-state index in [1.165, 1.54) is 43.2 Å². The number of nitrogens with two attached hydrogens (primary N) is 2. The zero-order valence-corrected chi connectivity index (χ0v) is 10.5. The molecule has 0 bridgehead atoms. The molecule has 0 heterocycles. The molecule has 0 aromatic heterocycles. The summed E-state index contributed by atoms with van der Waals surface area (Å²) in [5.74, 6) is 0. The van der Waals surface area contributed by atoms with Crippen LogP contribution in [0.4, 0.5) is 5.69 Å². The predicted molar refractivity (Wildman–Crippen MR) is 71.4 cm³/mol. The van der Waals surface area contributed by atoms with Gasteiger partial charge in [0.05, 0.1) is 0 Å². The second-order valence-corrected chi connectivity index (χ2v) is 4.82. The Morgan fingerprint density at radius 3 is 1.75 bits per heavy atom. The lowest BCUT2D eigenvalue weighted by molar-refractivity contribution is 0.441. The van der Waals surface area contributed by atoms with E-state index in [-0.39, 0.29) is 0 Å². The largest absolute Gasteiger partial charge is 0.399 e. The quantitative estimate of drug-likeness (QED) is 0.660. The van der Waals surface area contributed by atoms with Crippen molar-refractivity contribution in [1.29, 1.82) is 0 Å². The first-order valence-corrected chi connectivity index (χ1v) is 6.17. The van der Waals surface area contributed by atoms with E-state index < -0.39 is 0 Å². The van der Waals surface area contributed by atoms with Crippen LogP contribution in [0.3, 0.4) is 0 Å². The number of hydrogen-bond donors (Lipinski definition) is 2. The highest BCUT2D eigenvalue weighted by Gasteiger charge is 2.06. The monoisotopic (exact) mass is 220 g/mol. The van der Waals surface area contributed by atoms with Gasteiger partial charge in [-0.25, -0.2) is 0 Å². The van der Waals surface area contributed by atoms with Crippen LogP contribution in [0.15, 0.2) is 18.2 Å². The van der Waals surface area contributed by atoms with Gasteiger partial charge in [-0.3, -0.25) is 0 Å². The Balaban J connectivity index is 0.000000165.